The lowest BCUT2D eigenvalue weighted by atomic mass is 9.87. The van der Waals surface area contributed by atoms with E-state index in [4.69, 9.17) is 0 Å². The maximum atomic E-state index is 11.5. The van der Waals surface area contributed by atoms with Crippen LogP contribution in [0.5, 0.6) is 0 Å². The second kappa shape index (κ2) is 3.88. The van der Waals surface area contributed by atoms with Gasteiger partial charge in [0.15, 0.2) is 5.78 Å². The summed E-state index contributed by atoms with van der Waals surface area (Å²) in [6.45, 7) is 6.41. The van der Waals surface area contributed by atoms with Gasteiger partial charge in [-0.15, -0.1) is 0 Å². The summed E-state index contributed by atoms with van der Waals surface area (Å²) in [6, 6.07) is 0. The van der Waals surface area contributed by atoms with Crippen LogP contribution in [0, 0.1) is 5.92 Å². The lowest BCUT2D eigenvalue weighted by Crippen LogP contribution is -2.12. The van der Waals surface area contributed by atoms with E-state index in [9.17, 15) is 4.79 Å². The van der Waals surface area contributed by atoms with Crippen LogP contribution in [0.1, 0.15) is 46.5 Å². The van der Waals surface area contributed by atoms with Gasteiger partial charge in [-0.3, -0.25) is 4.79 Å². The van der Waals surface area contributed by atoms with E-state index in [1.54, 1.807) is 0 Å². The van der Waals surface area contributed by atoms with Crippen LogP contribution in [-0.2, 0) is 4.79 Å². The summed E-state index contributed by atoms with van der Waals surface area (Å²) in [5.74, 6) is 0.925. The molecule has 0 spiro atoms. The average Bonchev–Trinajstić information content (AvgIpc) is 2.04. The van der Waals surface area contributed by atoms with Crippen LogP contribution >= 0.6 is 0 Å². The number of rotatable bonds is 1. The van der Waals surface area contributed by atoms with Gasteiger partial charge in [-0.05, 0) is 37.7 Å². The third-order valence-electron chi connectivity index (χ3n) is 2.76. The van der Waals surface area contributed by atoms with Gasteiger partial charge in [0.05, 0.1) is 0 Å². The van der Waals surface area contributed by atoms with Gasteiger partial charge < -0.3 is 0 Å². The van der Waals surface area contributed by atoms with Crippen molar-refractivity contribution in [2.45, 2.75) is 46.5 Å². The monoisotopic (exact) mass is 166 g/mol. The van der Waals surface area contributed by atoms with Crippen molar-refractivity contribution in [1.82, 2.24) is 0 Å². The van der Waals surface area contributed by atoms with Gasteiger partial charge in [-0.25, -0.2) is 0 Å². The molecule has 0 saturated heterocycles. The highest BCUT2D eigenvalue weighted by Crippen LogP contribution is 2.25. The van der Waals surface area contributed by atoms with Crippen LogP contribution in [-0.4, -0.2) is 5.78 Å². The van der Waals surface area contributed by atoms with Gasteiger partial charge in [0.25, 0.3) is 0 Å². The molecule has 1 rings (SSSR count). The van der Waals surface area contributed by atoms with Crippen molar-refractivity contribution in [3.05, 3.63) is 11.1 Å². The van der Waals surface area contributed by atoms with E-state index in [0.717, 1.165) is 24.8 Å². The van der Waals surface area contributed by atoms with Gasteiger partial charge >= 0.3 is 0 Å². The molecule has 1 nitrogen and oxygen atoms in total. The van der Waals surface area contributed by atoms with Crippen LogP contribution < -0.4 is 0 Å². The molecule has 0 aromatic rings. The molecule has 1 aliphatic carbocycles. The molecule has 0 heterocycles. The number of Topliss-reactive ketones (excluding diaryl/α,β-unsaturated/α-hetero) is 1. The van der Waals surface area contributed by atoms with E-state index >= 15 is 0 Å². The van der Waals surface area contributed by atoms with Gasteiger partial charge in [0.2, 0.25) is 0 Å². The minimum absolute atomic E-state index is 0.396. The fourth-order valence-corrected chi connectivity index (χ4v) is 1.64. The standard InChI is InChI=1S/C11H18O/c1-8(2)9(3)10-6-4-5-7-11(10)12/h8H,4-7H2,1-3H3/b10-9-. The van der Waals surface area contributed by atoms with Crippen LogP contribution in [0.3, 0.4) is 0 Å². The molecule has 12 heavy (non-hydrogen) atoms. The molecule has 0 amide bonds. The van der Waals surface area contributed by atoms with E-state index < -0.39 is 0 Å². The number of ketones is 1. The second-order valence-electron chi connectivity index (χ2n) is 3.95. The summed E-state index contributed by atoms with van der Waals surface area (Å²) < 4.78 is 0. The highest BCUT2D eigenvalue weighted by molar-refractivity contribution is 5.96. The van der Waals surface area contributed by atoms with Crippen LogP contribution in [0.25, 0.3) is 0 Å². The Kier molecular flexibility index (Phi) is 3.07. The minimum Gasteiger partial charge on any atom is -0.295 e. The Morgan fingerprint density at radius 3 is 2.33 bits per heavy atom. The smallest absolute Gasteiger partial charge is 0.158 e. The molecular weight excluding hydrogens is 148 g/mol. The van der Waals surface area contributed by atoms with Gasteiger partial charge in [0.1, 0.15) is 0 Å². The Labute approximate surface area is 74.9 Å². The third-order valence-corrected chi connectivity index (χ3v) is 2.76. The zero-order valence-electron chi connectivity index (χ0n) is 8.31. The summed E-state index contributed by atoms with van der Waals surface area (Å²) in [4.78, 5) is 11.5. The number of hydrogen-bond acceptors (Lipinski definition) is 1. The predicted molar refractivity (Wildman–Crippen MR) is 51.0 cm³/mol. The van der Waals surface area contributed by atoms with E-state index in [0.29, 0.717) is 11.7 Å². The average molecular weight is 166 g/mol. The predicted octanol–water partition coefficient (Wildman–Crippen LogP) is 3.10. The van der Waals surface area contributed by atoms with Gasteiger partial charge in [0, 0.05) is 6.42 Å². The normalized spacial score (nSPS) is 23.2. The first kappa shape index (κ1) is 9.50. The lowest BCUT2D eigenvalue weighted by Gasteiger charge is -2.17. The van der Waals surface area contributed by atoms with Crippen molar-refractivity contribution < 1.29 is 4.79 Å². The number of carbonyl (C=O) groups is 1. The Morgan fingerprint density at radius 2 is 1.83 bits per heavy atom. The Hall–Kier alpha value is -0.590. The molecule has 0 bridgehead atoms. The maximum Gasteiger partial charge on any atom is 0.158 e. The van der Waals surface area contributed by atoms with E-state index in [2.05, 4.69) is 20.8 Å². The molecule has 0 atom stereocenters. The van der Waals surface area contributed by atoms with Crippen molar-refractivity contribution in [3.8, 4) is 0 Å². The van der Waals surface area contributed by atoms with Crippen LogP contribution in [0.2, 0.25) is 0 Å². The van der Waals surface area contributed by atoms with Crippen molar-refractivity contribution >= 4 is 5.78 Å². The number of hydrogen-bond donors (Lipinski definition) is 0. The molecule has 0 N–H and O–H groups in total. The number of allylic oxidation sites excluding steroid dienone is 2. The van der Waals surface area contributed by atoms with Crippen molar-refractivity contribution in [3.63, 3.8) is 0 Å². The zero-order chi connectivity index (χ0) is 9.14. The van der Waals surface area contributed by atoms with E-state index in [1.807, 2.05) is 0 Å². The SMILES string of the molecule is C/C(=C1\CCCCC1=O)C(C)C. The first-order valence-corrected chi connectivity index (χ1v) is 4.85. The molecule has 1 heteroatoms. The molecule has 0 radical (unpaired) electrons. The van der Waals surface area contributed by atoms with E-state index in [-0.39, 0.29) is 0 Å². The largest absolute Gasteiger partial charge is 0.295 e. The van der Waals surface area contributed by atoms with Gasteiger partial charge in [-0.1, -0.05) is 19.4 Å². The highest BCUT2D eigenvalue weighted by atomic mass is 16.1. The molecule has 1 aliphatic rings. The summed E-state index contributed by atoms with van der Waals surface area (Å²) in [5, 5.41) is 0. The minimum atomic E-state index is 0.396. The quantitative estimate of drug-likeness (QED) is 0.547. The molecule has 0 aromatic carbocycles. The van der Waals surface area contributed by atoms with Crippen molar-refractivity contribution in [2.24, 2.45) is 5.92 Å². The first-order valence-electron chi connectivity index (χ1n) is 4.85. The summed E-state index contributed by atoms with van der Waals surface area (Å²) >= 11 is 0. The molecule has 68 valence electrons. The molecule has 0 unspecified atom stereocenters. The molecule has 0 aromatic heterocycles. The molecule has 0 aliphatic heterocycles. The Bertz CT molecular complexity index is 211. The van der Waals surface area contributed by atoms with Crippen molar-refractivity contribution in [1.29, 1.82) is 0 Å². The first-order chi connectivity index (χ1) is 5.63. The van der Waals surface area contributed by atoms with Gasteiger partial charge in [-0.2, -0.15) is 0 Å². The maximum absolute atomic E-state index is 11.5. The fraction of sp³-hybridized carbons (Fsp3) is 0.727. The fourth-order valence-electron chi connectivity index (χ4n) is 1.64. The Morgan fingerprint density at radius 1 is 1.25 bits per heavy atom. The second-order valence-corrected chi connectivity index (χ2v) is 3.95. The van der Waals surface area contributed by atoms with Crippen LogP contribution in [0.4, 0.5) is 0 Å². The molecule has 1 saturated carbocycles. The third kappa shape index (κ3) is 1.96. The lowest BCUT2D eigenvalue weighted by molar-refractivity contribution is -0.116. The summed E-state index contributed by atoms with van der Waals surface area (Å²) in [7, 11) is 0. The topological polar surface area (TPSA) is 17.1 Å². The molecular formula is C11H18O. The van der Waals surface area contributed by atoms with E-state index in [1.165, 1.54) is 12.0 Å². The van der Waals surface area contributed by atoms with Crippen molar-refractivity contribution in [2.75, 3.05) is 0 Å². The Balaban J connectivity index is 2.83. The summed E-state index contributed by atoms with van der Waals surface area (Å²) in [5.41, 5.74) is 2.43. The summed E-state index contributed by atoms with van der Waals surface area (Å²) in [6.07, 6.45) is 4.08. The number of carbonyl (C=O) groups excluding carboxylic acids is 1. The van der Waals surface area contributed by atoms with Crippen LogP contribution in [0.15, 0.2) is 11.1 Å². The highest BCUT2D eigenvalue weighted by Gasteiger charge is 2.17. The zero-order valence-corrected chi connectivity index (χ0v) is 8.31. The molecule has 1 fully saturated rings.